The highest BCUT2D eigenvalue weighted by atomic mass is 35.5. The Kier molecular flexibility index (Phi) is 3.33. The van der Waals surface area contributed by atoms with Crippen LogP contribution < -0.4 is 0 Å². The van der Waals surface area contributed by atoms with Crippen LogP contribution in [-0.4, -0.2) is 10.7 Å². The quantitative estimate of drug-likeness (QED) is 0.552. The Balaban J connectivity index is 2.93. The second-order valence-electron chi connectivity index (χ2n) is 3.85. The number of benzene rings is 1. The molecule has 0 unspecified atom stereocenters. The van der Waals surface area contributed by atoms with Crippen molar-refractivity contribution in [3.63, 3.8) is 0 Å². The Morgan fingerprint density at radius 3 is 2.14 bits per heavy atom. The van der Waals surface area contributed by atoms with E-state index in [9.17, 15) is 4.79 Å². The standard InChI is InChI=1S/C12H15ClO/c1-4-9-5-7-10(8-6-9)11(14)12(2,3)13/h5-8H,4H2,1-3H3. The zero-order chi connectivity index (χ0) is 10.8. The van der Waals surface area contributed by atoms with E-state index in [1.807, 2.05) is 24.3 Å². The molecule has 2 heteroatoms. The van der Waals surface area contributed by atoms with Crippen molar-refractivity contribution in [2.24, 2.45) is 0 Å². The van der Waals surface area contributed by atoms with E-state index in [1.54, 1.807) is 13.8 Å². The molecule has 0 radical (unpaired) electrons. The smallest absolute Gasteiger partial charge is 0.183 e. The highest BCUT2D eigenvalue weighted by molar-refractivity contribution is 6.37. The van der Waals surface area contributed by atoms with Gasteiger partial charge in [-0.1, -0.05) is 31.2 Å². The van der Waals surface area contributed by atoms with Crippen LogP contribution in [0.25, 0.3) is 0 Å². The van der Waals surface area contributed by atoms with Gasteiger partial charge in [0.25, 0.3) is 0 Å². The van der Waals surface area contributed by atoms with Gasteiger partial charge in [0.2, 0.25) is 0 Å². The third-order valence-corrected chi connectivity index (χ3v) is 2.34. The summed E-state index contributed by atoms with van der Waals surface area (Å²) in [6, 6.07) is 7.61. The summed E-state index contributed by atoms with van der Waals surface area (Å²) < 4.78 is 0. The Hall–Kier alpha value is -0.820. The average molecular weight is 211 g/mol. The van der Waals surface area contributed by atoms with E-state index < -0.39 is 4.87 Å². The molecule has 0 heterocycles. The Bertz CT molecular complexity index is 319. The molecule has 0 saturated heterocycles. The maximum Gasteiger partial charge on any atom is 0.183 e. The van der Waals surface area contributed by atoms with E-state index in [4.69, 9.17) is 11.6 Å². The minimum absolute atomic E-state index is 0.0261. The maximum atomic E-state index is 11.7. The van der Waals surface area contributed by atoms with E-state index >= 15 is 0 Å². The number of Topliss-reactive ketones (excluding diaryl/α,β-unsaturated/α-hetero) is 1. The number of carbonyl (C=O) groups is 1. The highest BCUT2D eigenvalue weighted by Gasteiger charge is 2.25. The van der Waals surface area contributed by atoms with E-state index in [0.717, 1.165) is 6.42 Å². The molecule has 0 aliphatic heterocycles. The molecule has 1 aromatic carbocycles. The van der Waals surface area contributed by atoms with Crippen LogP contribution in [0.1, 0.15) is 36.7 Å². The van der Waals surface area contributed by atoms with Gasteiger partial charge in [0.1, 0.15) is 4.87 Å². The Morgan fingerprint density at radius 2 is 1.79 bits per heavy atom. The molecule has 0 aromatic heterocycles. The predicted molar refractivity (Wildman–Crippen MR) is 60.1 cm³/mol. The lowest BCUT2D eigenvalue weighted by molar-refractivity contribution is 0.0954. The summed E-state index contributed by atoms with van der Waals surface area (Å²) in [6.07, 6.45) is 0.985. The molecule has 1 rings (SSSR count). The average Bonchev–Trinajstić information content (AvgIpc) is 2.15. The summed E-state index contributed by atoms with van der Waals surface area (Å²) in [5, 5.41) is 0. The van der Waals surface area contributed by atoms with Crippen LogP contribution in [-0.2, 0) is 6.42 Å². The third kappa shape index (κ3) is 2.58. The van der Waals surface area contributed by atoms with E-state index in [1.165, 1.54) is 5.56 Å². The summed E-state index contributed by atoms with van der Waals surface area (Å²) in [6.45, 7) is 5.51. The zero-order valence-corrected chi connectivity index (χ0v) is 9.56. The van der Waals surface area contributed by atoms with E-state index in [-0.39, 0.29) is 5.78 Å². The van der Waals surface area contributed by atoms with Gasteiger partial charge < -0.3 is 0 Å². The number of hydrogen-bond donors (Lipinski definition) is 0. The molecule has 1 aromatic rings. The van der Waals surface area contributed by atoms with Gasteiger partial charge in [0.15, 0.2) is 5.78 Å². The van der Waals surface area contributed by atoms with Crippen LogP contribution in [0.4, 0.5) is 0 Å². The van der Waals surface area contributed by atoms with Crippen molar-refractivity contribution in [1.29, 1.82) is 0 Å². The zero-order valence-electron chi connectivity index (χ0n) is 8.80. The largest absolute Gasteiger partial charge is 0.292 e. The number of ketones is 1. The Labute approximate surface area is 90.1 Å². The number of alkyl halides is 1. The number of hydrogen-bond acceptors (Lipinski definition) is 1. The first-order chi connectivity index (χ1) is 6.45. The molecule has 0 saturated carbocycles. The van der Waals surface area contributed by atoms with E-state index in [0.29, 0.717) is 5.56 Å². The SMILES string of the molecule is CCc1ccc(C(=O)C(C)(C)Cl)cc1. The minimum atomic E-state index is -0.812. The molecule has 0 bridgehead atoms. The van der Waals surface area contributed by atoms with Crippen LogP contribution in [0.3, 0.4) is 0 Å². The third-order valence-electron chi connectivity index (χ3n) is 2.16. The molecule has 0 N–H and O–H groups in total. The number of aryl methyl sites for hydroxylation is 1. The second kappa shape index (κ2) is 4.14. The molecule has 1 nitrogen and oxygen atoms in total. The lowest BCUT2D eigenvalue weighted by Gasteiger charge is -2.13. The van der Waals surface area contributed by atoms with E-state index in [2.05, 4.69) is 6.92 Å². The van der Waals surface area contributed by atoms with Gasteiger partial charge in [0.05, 0.1) is 0 Å². The first-order valence-corrected chi connectivity index (χ1v) is 5.15. The molecule has 0 amide bonds. The van der Waals surface area contributed by atoms with Crippen LogP contribution >= 0.6 is 11.6 Å². The van der Waals surface area contributed by atoms with Crippen molar-refractivity contribution in [1.82, 2.24) is 0 Å². The Morgan fingerprint density at radius 1 is 1.29 bits per heavy atom. The minimum Gasteiger partial charge on any atom is -0.292 e. The van der Waals surface area contributed by atoms with Gasteiger partial charge in [-0.2, -0.15) is 0 Å². The van der Waals surface area contributed by atoms with Gasteiger partial charge >= 0.3 is 0 Å². The fourth-order valence-corrected chi connectivity index (χ4v) is 1.34. The van der Waals surface area contributed by atoms with Crippen molar-refractivity contribution in [2.45, 2.75) is 32.1 Å². The first kappa shape index (κ1) is 11.3. The molecule has 14 heavy (non-hydrogen) atoms. The number of halogens is 1. The molecule has 0 spiro atoms. The second-order valence-corrected chi connectivity index (χ2v) is 4.80. The number of carbonyl (C=O) groups excluding carboxylic acids is 1. The molecule has 0 atom stereocenters. The predicted octanol–water partition coefficient (Wildman–Crippen LogP) is 3.45. The van der Waals surface area contributed by atoms with Crippen molar-refractivity contribution in [2.75, 3.05) is 0 Å². The number of rotatable bonds is 3. The van der Waals surface area contributed by atoms with Crippen molar-refractivity contribution in [3.05, 3.63) is 35.4 Å². The van der Waals surface area contributed by atoms with Crippen LogP contribution in [0.5, 0.6) is 0 Å². The van der Waals surface area contributed by atoms with Crippen molar-refractivity contribution >= 4 is 17.4 Å². The molecule has 0 aliphatic rings. The van der Waals surface area contributed by atoms with Gasteiger partial charge in [-0.25, -0.2) is 0 Å². The summed E-state index contributed by atoms with van der Waals surface area (Å²) in [7, 11) is 0. The summed E-state index contributed by atoms with van der Waals surface area (Å²) in [4.78, 5) is 10.9. The molecule has 76 valence electrons. The monoisotopic (exact) mass is 210 g/mol. The maximum absolute atomic E-state index is 11.7. The molecule has 0 aliphatic carbocycles. The fraction of sp³-hybridized carbons (Fsp3) is 0.417. The lowest BCUT2D eigenvalue weighted by atomic mass is 9.99. The van der Waals surface area contributed by atoms with Crippen molar-refractivity contribution in [3.8, 4) is 0 Å². The summed E-state index contributed by atoms with van der Waals surface area (Å²) >= 11 is 5.94. The fourth-order valence-electron chi connectivity index (χ4n) is 1.24. The summed E-state index contributed by atoms with van der Waals surface area (Å²) in [5.41, 5.74) is 1.91. The van der Waals surface area contributed by atoms with Crippen molar-refractivity contribution < 1.29 is 4.79 Å². The first-order valence-electron chi connectivity index (χ1n) is 4.78. The van der Waals surface area contributed by atoms with Crippen LogP contribution in [0.15, 0.2) is 24.3 Å². The van der Waals surface area contributed by atoms with Crippen LogP contribution in [0.2, 0.25) is 0 Å². The van der Waals surface area contributed by atoms with Gasteiger partial charge in [0, 0.05) is 5.56 Å². The molecular weight excluding hydrogens is 196 g/mol. The topological polar surface area (TPSA) is 17.1 Å². The highest BCUT2D eigenvalue weighted by Crippen LogP contribution is 2.20. The van der Waals surface area contributed by atoms with Gasteiger partial charge in [-0.3, -0.25) is 4.79 Å². The molecular formula is C12H15ClO. The normalized spacial score (nSPS) is 11.4. The van der Waals surface area contributed by atoms with Gasteiger partial charge in [-0.15, -0.1) is 11.6 Å². The lowest BCUT2D eigenvalue weighted by Crippen LogP contribution is -2.24. The summed E-state index contributed by atoms with van der Waals surface area (Å²) in [5.74, 6) is -0.0261. The van der Waals surface area contributed by atoms with Gasteiger partial charge in [-0.05, 0) is 25.8 Å². The van der Waals surface area contributed by atoms with Crippen LogP contribution in [0, 0.1) is 0 Å². The molecule has 0 fully saturated rings.